The van der Waals surface area contributed by atoms with Crippen LogP contribution in [0.4, 0.5) is 5.82 Å². The van der Waals surface area contributed by atoms with Gasteiger partial charge in [0.2, 0.25) is 0 Å². The Labute approximate surface area is 131 Å². The molecule has 2 rings (SSSR count). The van der Waals surface area contributed by atoms with E-state index in [1.807, 2.05) is 13.8 Å². The van der Waals surface area contributed by atoms with E-state index in [0.29, 0.717) is 11.2 Å². The Kier molecular flexibility index (Phi) is 5.79. The number of rotatable bonds is 5. The highest BCUT2D eigenvalue weighted by atomic mass is 35.5. The molecule has 0 bridgehead atoms. The number of piperidine rings is 1. The molecule has 0 saturated carbocycles. The molecule has 0 amide bonds. The Morgan fingerprint density at radius 1 is 1.33 bits per heavy atom. The van der Waals surface area contributed by atoms with Crippen LogP contribution in [0.2, 0.25) is 5.15 Å². The van der Waals surface area contributed by atoms with Crippen LogP contribution in [-0.4, -0.2) is 59.3 Å². The fourth-order valence-corrected chi connectivity index (χ4v) is 3.03. The maximum absolute atomic E-state index is 9.04. The molecule has 6 heteroatoms. The molecule has 2 heterocycles. The van der Waals surface area contributed by atoms with Gasteiger partial charge in [-0.3, -0.25) is 0 Å². The van der Waals surface area contributed by atoms with Crippen molar-refractivity contribution < 1.29 is 5.11 Å². The summed E-state index contributed by atoms with van der Waals surface area (Å²) in [4.78, 5) is 13.5. The molecule has 1 saturated heterocycles. The summed E-state index contributed by atoms with van der Waals surface area (Å²) in [6.07, 6.45) is 2.96. The molecule has 0 aromatic carbocycles. The van der Waals surface area contributed by atoms with Gasteiger partial charge < -0.3 is 14.9 Å². The fourth-order valence-electron chi connectivity index (χ4n) is 2.85. The van der Waals surface area contributed by atoms with Gasteiger partial charge in [-0.05, 0) is 26.8 Å². The van der Waals surface area contributed by atoms with Crippen LogP contribution in [-0.2, 0) is 6.42 Å². The summed E-state index contributed by atoms with van der Waals surface area (Å²) < 4.78 is 0. The minimum Gasteiger partial charge on any atom is -0.395 e. The number of aliphatic hydroxyl groups is 1. The average molecular weight is 313 g/mol. The second kappa shape index (κ2) is 7.38. The molecule has 1 aliphatic heterocycles. The predicted molar refractivity (Wildman–Crippen MR) is 86.1 cm³/mol. The van der Waals surface area contributed by atoms with Gasteiger partial charge in [-0.2, -0.15) is 0 Å². The standard InChI is InChI=1S/C15H25ClN4O/c1-4-13-17-14(16)11(2)15(18-13)20-7-5-12(6-8-20)19(3)9-10-21/h12,21H,4-10H2,1-3H3. The zero-order chi connectivity index (χ0) is 15.4. The lowest BCUT2D eigenvalue weighted by atomic mass is 10.0. The maximum atomic E-state index is 9.04. The number of hydrogen-bond donors (Lipinski definition) is 1. The quantitative estimate of drug-likeness (QED) is 0.842. The third-order valence-electron chi connectivity index (χ3n) is 4.26. The van der Waals surface area contributed by atoms with Gasteiger partial charge in [-0.15, -0.1) is 0 Å². The number of aliphatic hydroxyl groups excluding tert-OH is 1. The Balaban J connectivity index is 2.07. The average Bonchev–Trinajstić information content (AvgIpc) is 2.50. The van der Waals surface area contributed by atoms with Gasteiger partial charge in [-0.25, -0.2) is 9.97 Å². The summed E-state index contributed by atoms with van der Waals surface area (Å²) in [7, 11) is 2.08. The van der Waals surface area contributed by atoms with Crippen molar-refractivity contribution in [3.63, 3.8) is 0 Å². The van der Waals surface area contributed by atoms with E-state index in [1.54, 1.807) is 0 Å². The van der Waals surface area contributed by atoms with Crippen LogP contribution in [0.25, 0.3) is 0 Å². The van der Waals surface area contributed by atoms with Gasteiger partial charge in [0.1, 0.15) is 16.8 Å². The summed E-state index contributed by atoms with van der Waals surface area (Å²) in [6, 6.07) is 0.539. The topological polar surface area (TPSA) is 52.5 Å². The molecule has 0 atom stereocenters. The minimum absolute atomic E-state index is 0.219. The summed E-state index contributed by atoms with van der Waals surface area (Å²) in [6.45, 7) is 6.93. The van der Waals surface area contributed by atoms with E-state index in [9.17, 15) is 0 Å². The number of likely N-dealkylation sites (N-methyl/N-ethyl adjacent to an activating group) is 1. The second-order valence-electron chi connectivity index (χ2n) is 5.66. The van der Waals surface area contributed by atoms with E-state index in [2.05, 4.69) is 26.8 Å². The number of aryl methyl sites for hydroxylation is 1. The highest BCUT2D eigenvalue weighted by Crippen LogP contribution is 2.27. The van der Waals surface area contributed by atoms with Gasteiger partial charge in [0.15, 0.2) is 0 Å². The lowest BCUT2D eigenvalue weighted by Gasteiger charge is -2.37. The van der Waals surface area contributed by atoms with E-state index in [4.69, 9.17) is 16.7 Å². The first-order chi connectivity index (χ1) is 10.1. The van der Waals surface area contributed by atoms with Gasteiger partial charge in [0.05, 0.1) is 6.61 Å². The summed E-state index contributed by atoms with van der Waals surface area (Å²) >= 11 is 6.22. The molecular formula is C15H25ClN4O. The largest absolute Gasteiger partial charge is 0.395 e. The van der Waals surface area contributed by atoms with Crippen molar-refractivity contribution in [2.75, 3.05) is 38.2 Å². The van der Waals surface area contributed by atoms with Crippen LogP contribution in [0.3, 0.4) is 0 Å². The van der Waals surface area contributed by atoms with E-state index in [1.165, 1.54) is 0 Å². The van der Waals surface area contributed by atoms with Crippen LogP contribution in [0.5, 0.6) is 0 Å². The highest BCUT2D eigenvalue weighted by molar-refractivity contribution is 6.30. The van der Waals surface area contributed by atoms with Crippen LogP contribution >= 0.6 is 11.6 Å². The SMILES string of the molecule is CCc1nc(Cl)c(C)c(N2CCC(N(C)CCO)CC2)n1. The molecule has 118 valence electrons. The Morgan fingerprint density at radius 3 is 2.57 bits per heavy atom. The van der Waals surface area contributed by atoms with Crippen LogP contribution in [0.15, 0.2) is 0 Å². The number of halogens is 1. The van der Waals surface area contributed by atoms with Crippen molar-refractivity contribution in [1.82, 2.24) is 14.9 Å². The number of hydrogen-bond acceptors (Lipinski definition) is 5. The predicted octanol–water partition coefficient (Wildman–Crippen LogP) is 1.89. The van der Waals surface area contributed by atoms with Crippen molar-refractivity contribution in [1.29, 1.82) is 0 Å². The summed E-state index contributed by atoms with van der Waals surface area (Å²) in [5, 5.41) is 9.60. The van der Waals surface area contributed by atoms with E-state index in [0.717, 1.165) is 56.1 Å². The Morgan fingerprint density at radius 2 is 2.00 bits per heavy atom. The maximum Gasteiger partial charge on any atom is 0.137 e. The minimum atomic E-state index is 0.219. The molecule has 21 heavy (non-hydrogen) atoms. The molecule has 1 aliphatic rings. The lowest BCUT2D eigenvalue weighted by Crippen LogP contribution is -2.44. The van der Waals surface area contributed by atoms with Crippen molar-refractivity contribution >= 4 is 17.4 Å². The summed E-state index contributed by atoms with van der Waals surface area (Å²) in [5.74, 6) is 1.79. The zero-order valence-corrected chi connectivity index (χ0v) is 13.9. The van der Waals surface area contributed by atoms with Crippen molar-refractivity contribution in [2.45, 2.75) is 39.2 Å². The molecular weight excluding hydrogens is 288 g/mol. The second-order valence-corrected chi connectivity index (χ2v) is 6.01. The normalized spacial score (nSPS) is 16.8. The third kappa shape index (κ3) is 3.84. The van der Waals surface area contributed by atoms with Crippen molar-refractivity contribution in [3.8, 4) is 0 Å². The molecule has 0 unspecified atom stereocenters. The first kappa shape index (κ1) is 16.5. The molecule has 1 fully saturated rings. The van der Waals surface area contributed by atoms with E-state index < -0.39 is 0 Å². The van der Waals surface area contributed by atoms with Gasteiger partial charge in [0.25, 0.3) is 0 Å². The third-order valence-corrected chi connectivity index (χ3v) is 4.63. The van der Waals surface area contributed by atoms with E-state index in [-0.39, 0.29) is 6.61 Å². The molecule has 0 spiro atoms. The molecule has 0 aliphatic carbocycles. The Hall–Kier alpha value is -0.910. The van der Waals surface area contributed by atoms with Gasteiger partial charge in [-0.1, -0.05) is 18.5 Å². The zero-order valence-electron chi connectivity index (χ0n) is 13.1. The van der Waals surface area contributed by atoms with Gasteiger partial charge in [0, 0.05) is 37.7 Å². The molecule has 5 nitrogen and oxygen atoms in total. The smallest absolute Gasteiger partial charge is 0.137 e. The molecule has 1 aromatic heterocycles. The van der Waals surface area contributed by atoms with Crippen LogP contribution in [0, 0.1) is 6.92 Å². The van der Waals surface area contributed by atoms with E-state index >= 15 is 0 Å². The van der Waals surface area contributed by atoms with Crippen LogP contribution < -0.4 is 4.90 Å². The van der Waals surface area contributed by atoms with Gasteiger partial charge >= 0.3 is 0 Å². The number of aromatic nitrogens is 2. The van der Waals surface area contributed by atoms with Crippen LogP contribution in [0.1, 0.15) is 31.2 Å². The lowest BCUT2D eigenvalue weighted by molar-refractivity contribution is 0.161. The van der Waals surface area contributed by atoms with Crippen molar-refractivity contribution in [3.05, 3.63) is 16.5 Å². The molecule has 1 N–H and O–H groups in total. The first-order valence-corrected chi connectivity index (χ1v) is 8.03. The first-order valence-electron chi connectivity index (χ1n) is 7.65. The molecule has 0 radical (unpaired) electrons. The highest BCUT2D eigenvalue weighted by Gasteiger charge is 2.24. The summed E-state index contributed by atoms with van der Waals surface area (Å²) in [5.41, 5.74) is 0.969. The number of nitrogens with zero attached hydrogens (tertiary/aromatic N) is 4. The fraction of sp³-hybridized carbons (Fsp3) is 0.733. The number of anilines is 1. The monoisotopic (exact) mass is 312 g/mol. The Bertz CT molecular complexity index is 475. The van der Waals surface area contributed by atoms with Crippen molar-refractivity contribution in [2.24, 2.45) is 0 Å². The molecule has 1 aromatic rings.